The van der Waals surface area contributed by atoms with Crippen LogP contribution in [0.25, 0.3) is 0 Å². The molecule has 7 nitrogen and oxygen atoms in total. The van der Waals surface area contributed by atoms with E-state index >= 15 is 0 Å². The van der Waals surface area contributed by atoms with Gasteiger partial charge in [0.1, 0.15) is 17.6 Å². The first-order valence-corrected chi connectivity index (χ1v) is 9.94. The summed E-state index contributed by atoms with van der Waals surface area (Å²) >= 11 is 1.49. The van der Waals surface area contributed by atoms with Crippen molar-refractivity contribution in [3.05, 3.63) is 40.7 Å². The fraction of sp³-hybridized carbons (Fsp3) is 0.368. The highest BCUT2D eigenvalue weighted by Crippen LogP contribution is 2.32. The van der Waals surface area contributed by atoms with Gasteiger partial charge in [0.15, 0.2) is 5.13 Å². The molecule has 0 spiro atoms. The Bertz CT molecular complexity index is 956. The Morgan fingerprint density at radius 2 is 2.04 bits per heavy atom. The SMILES string of the molecule is C[C@H]1CCc2nc(NC(=O)C3=NN(c4ccc(F)cc4)[C@@H](C(N)=O)C3)sc2C1. The molecule has 4 rings (SSSR count). The number of hydrogen-bond donors (Lipinski definition) is 2. The first-order chi connectivity index (χ1) is 13.4. The van der Waals surface area contributed by atoms with E-state index in [4.69, 9.17) is 5.73 Å². The molecular formula is C19H20FN5O2S. The van der Waals surface area contributed by atoms with E-state index in [-0.39, 0.29) is 12.1 Å². The second-order valence-electron chi connectivity index (χ2n) is 7.18. The topological polar surface area (TPSA) is 101 Å². The number of hydrazone groups is 1. The molecule has 3 N–H and O–H groups in total. The number of benzene rings is 1. The van der Waals surface area contributed by atoms with Gasteiger partial charge in [-0.1, -0.05) is 6.92 Å². The number of halogens is 1. The number of aryl methyl sites for hydroxylation is 1. The predicted octanol–water partition coefficient (Wildman–Crippen LogP) is 2.47. The zero-order chi connectivity index (χ0) is 19.8. The number of carbonyl (C=O) groups is 2. The summed E-state index contributed by atoms with van der Waals surface area (Å²) in [6.07, 6.45) is 3.09. The molecule has 9 heteroatoms. The number of nitrogens with one attached hydrogen (secondary N) is 1. The summed E-state index contributed by atoms with van der Waals surface area (Å²) in [5.41, 5.74) is 7.21. The van der Waals surface area contributed by atoms with Crippen LogP contribution in [0, 0.1) is 11.7 Å². The monoisotopic (exact) mass is 401 g/mol. The van der Waals surface area contributed by atoms with Crippen molar-refractivity contribution in [3.8, 4) is 0 Å². The standard InChI is InChI=1S/C19H20FN5O2S/c1-10-2-7-13-16(8-10)28-19(22-13)23-18(27)14-9-15(17(21)26)25(24-14)12-5-3-11(20)4-6-12/h3-6,10,15H,2,7-9H2,1H3,(H2,21,26)(H,22,23,27)/t10-,15+/m0/s1. The number of nitrogens with zero attached hydrogens (tertiary/aromatic N) is 3. The van der Waals surface area contributed by atoms with Crippen molar-refractivity contribution in [2.75, 3.05) is 10.3 Å². The molecule has 1 aromatic carbocycles. The summed E-state index contributed by atoms with van der Waals surface area (Å²) in [5, 5.41) is 8.98. The van der Waals surface area contributed by atoms with Gasteiger partial charge in [0, 0.05) is 11.3 Å². The third-order valence-corrected chi connectivity index (χ3v) is 6.03. The first-order valence-electron chi connectivity index (χ1n) is 9.12. The van der Waals surface area contributed by atoms with Crippen LogP contribution in [0.1, 0.15) is 30.3 Å². The van der Waals surface area contributed by atoms with Gasteiger partial charge >= 0.3 is 0 Å². The summed E-state index contributed by atoms with van der Waals surface area (Å²) < 4.78 is 13.2. The molecule has 0 unspecified atom stereocenters. The number of primary amides is 1. The van der Waals surface area contributed by atoms with Crippen molar-refractivity contribution in [1.29, 1.82) is 0 Å². The van der Waals surface area contributed by atoms with Crippen molar-refractivity contribution in [2.24, 2.45) is 16.8 Å². The Labute approximate surface area is 165 Å². The van der Waals surface area contributed by atoms with E-state index in [2.05, 4.69) is 22.3 Å². The quantitative estimate of drug-likeness (QED) is 0.822. The second-order valence-corrected chi connectivity index (χ2v) is 8.26. The molecule has 0 fully saturated rings. The van der Waals surface area contributed by atoms with E-state index in [1.54, 1.807) is 0 Å². The van der Waals surface area contributed by atoms with Crippen LogP contribution in [0.5, 0.6) is 0 Å². The highest BCUT2D eigenvalue weighted by molar-refractivity contribution is 7.16. The van der Waals surface area contributed by atoms with E-state index in [0.29, 0.717) is 16.7 Å². The molecule has 0 saturated heterocycles. The minimum atomic E-state index is -0.795. The number of amides is 2. The molecule has 2 aromatic rings. The van der Waals surface area contributed by atoms with Crippen molar-refractivity contribution < 1.29 is 14.0 Å². The van der Waals surface area contributed by atoms with Gasteiger partial charge in [-0.05, 0) is 49.4 Å². The molecule has 2 amide bonds. The summed E-state index contributed by atoms with van der Waals surface area (Å²) in [6.45, 7) is 2.21. The summed E-state index contributed by atoms with van der Waals surface area (Å²) in [6, 6.07) is 4.72. The molecule has 1 aliphatic carbocycles. The lowest BCUT2D eigenvalue weighted by Gasteiger charge is -2.20. The van der Waals surface area contributed by atoms with E-state index < -0.39 is 23.7 Å². The molecule has 0 radical (unpaired) electrons. The zero-order valence-corrected chi connectivity index (χ0v) is 16.1. The van der Waals surface area contributed by atoms with Gasteiger partial charge in [-0.3, -0.25) is 19.9 Å². The average Bonchev–Trinajstić information content (AvgIpc) is 3.26. The van der Waals surface area contributed by atoms with Crippen LogP contribution in [-0.4, -0.2) is 28.6 Å². The molecule has 2 aliphatic rings. The third-order valence-electron chi connectivity index (χ3n) is 5.00. The van der Waals surface area contributed by atoms with Crippen LogP contribution in [0.3, 0.4) is 0 Å². The Kier molecular flexibility index (Phi) is 4.84. The zero-order valence-electron chi connectivity index (χ0n) is 15.3. The number of thiazole rings is 1. The van der Waals surface area contributed by atoms with Gasteiger partial charge in [-0.25, -0.2) is 9.37 Å². The van der Waals surface area contributed by atoms with Crippen LogP contribution >= 0.6 is 11.3 Å². The third kappa shape index (κ3) is 3.62. The summed E-state index contributed by atoms with van der Waals surface area (Å²) in [5.74, 6) is -0.788. The number of rotatable bonds is 4. The lowest BCUT2D eigenvalue weighted by Crippen LogP contribution is -2.39. The first kappa shape index (κ1) is 18.5. The fourth-order valence-electron chi connectivity index (χ4n) is 3.46. The van der Waals surface area contributed by atoms with E-state index in [1.807, 2.05) is 0 Å². The minimum absolute atomic E-state index is 0.0840. The van der Waals surface area contributed by atoms with Crippen molar-refractivity contribution in [1.82, 2.24) is 4.98 Å². The number of hydrogen-bond acceptors (Lipinski definition) is 6. The van der Waals surface area contributed by atoms with Gasteiger partial charge < -0.3 is 5.73 Å². The number of fused-ring (bicyclic) bond motifs is 1. The van der Waals surface area contributed by atoms with Gasteiger partial charge in [-0.2, -0.15) is 5.10 Å². The Hall–Kier alpha value is -2.81. The Morgan fingerprint density at radius 3 is 2.75 bits per heavy atom. The van der Waals surface area contributed by atoms with E-state index in [9.17, 15) is 14.0 Å². The molecular weight excluding hydrogens is 381 g/mol. The highest BCUT2D eigenvalue weighted by atomic mass is 32.1. The van der Waals surface area contributed by atoms with Gasteiger partial charge in [-0.15, -0.1) is 11.3 Å². The maximum Gasteiger partial charge on any atom is 0.273 e. The normalized spacial score (nSPS) is 21.2. The Balaban J connectivity index is 1.53. The molecule has 28 heavy (non-hydrogen) atoms. The van der Waals surface area contributed by atoms with E-state index in [1.165, 1.54) is 45.5 Å². The maximum absolute atomic E-state index is 13.2. The average molecular weight is 401 g/mol. The largest absolute Gasteiger partial charge is 0.368 e. The van der Waals surface area contributed by atoms with Crippen LogP contribution in [0.4, 0.5) is 15.2 Å². The van der Waals surface area contributed by atoms with E-state index in [0.717, 1.165) is 25.0 Å². The van der Waals surface area contributed by atoms with Crippen LogP contribution in [-0.2, 0) is 22.4 Å². The fourth-order valence-corrected chi connectivity index (χ4v) is 4.63. The maximum atomic E-state index is 13.2. The molecule has 2 atom stereocenters. The van der Waals surface area contributed by atoms with Crippen molar-refractivity contribution >= 4 is 39.7 Å². The van der Waals surface area contributed by atoms with Gasteiger partial charge in [0.25, 0.3) is 5.91 Å². The minimum Gasteiger partial charge on any atom is -0.368 e. The molecule has 1 aliphatic heterocycles. The number of anilines is 2. The van der Waals surface area contributed by atoms with Gasteiger partial charge in [0.2, 0.25) is 5.91 Å². The number of carbonyl (C=O) groups excluding carboxylic acids is 2. The van der Waals surface area contributed by atoms with Gasteiger partial charge in [0.05, 0.1) is 11.4 Å². The lowest BCUT2D eigenvalue weighted by atomic mass is 9.93. The molecule has 146 valence electrons. The summed E-state index contributed by atoms with van der Waals surface area (Å²) in [7, 11) is 0. The highest BCUT2D eigenvalue weighted by Gasteiger charge is 2.35. The molecule has 0 saturated carbocycles. The molecule has 1 aromatic heterocycles. The van der Waals surface area contributed by atoms with Crippen molar-refractivity contribution in [2.45, 2.75) is 38.6 Å². The predicted molar refractivity (Wildman–Crippen MR) is 106 cm³/mol. The molecule has 0 bridgehead atoms. The second kappa shape index (κ2) is 7.31. The number of nitrogens with two attached hydrogens (primary N) is 1. The Morgan fingerprint density at radius 1 is 1.29 bits per heavy atom. The van der Waals surface area contributed by atoms with Crippen molar-refractivity contribution in [3.63, 3.8) is 0 Å². The smallest absolute Gasteiger partial charge is 0.273 e. The molecule has 2 heterocycles. The van der Waals surface area contributed by atoms with Crippen LogP contribution in [0.15, 0.2) is 29.4 Å². The lowest BCUT2D eigenvalue weighted by molar-refractivity contribution is -0.119. The number of aromatic nitrogens is 1. The summed E-state index contributed by atoms with van der Waals surface area (Å²) in [4.78, 5) is 30.2. The van der Waals surface area contributed by atoms with Crippen LogP contribution < -0.4 is 16.1 Å². The van der Waals surface area contributed by atoms with Crippen LogP contribution in [0.2, 0.25) is 0 Å².